The lowest BCUT2D eigenvalue weighted by atomic mass is 9.97. The molecule has 2 N–H and O–H groups in total. The van der Waals surface area contributed by atoms with E-state index in [1.165, 1.54) is 12.1 Å². The minimum Gasteiger partial charge on any atom is -0.352 e. The maximum atomic E-state index is 13.5. The molecule has 30 heavy (non-hydrogen) atoms. The Balaban J connectivity index is 1.66. The van der Waals surface area contributed by atoms with E-state index in [1.807, 2.05) is 60.3 Å². The van der Waals surface area contributed by atoms with Gasteiger partial charge in [0.15, 0.2) is 0 Å². The number of hydrogen-bond donors (Lipinski definition) is 2. The summed E-state index contributed by atoms with van der Waals surface area (Å²) in [6.45, 7) is 0.312. The van der Waals surface area contributed by atoms with Crippen LogP contribution in [0.1, 0.15) is 5.69 Å². The van der Waals surface area contributed by atoms with E-state index in [9.17, 15) is 9.18 Å². The van der Waals surface area contributed by atoms with Crippen LogP contribution in [0.4, 0.5) is 14.9 Å². The molecule has 5 nitrogen and oxygen atoms in total. The molecule has 2 aromatic heterocycles. The molecule has 0 aliphatic rings. The number of aromatic nitrogens is 2. The third kappa shape index (κ3) is 4.22. The van der Waals surface area contributed by atoms with Crippen molar-refractivity contribution in [1.29, 1.82) is 0 Å². The van der Waals surface area contributed by atoms with Crippen molar-refractivity contribution in [1.82, 2.24) is 14.9 Å². The summed E-state index contributed by atoms with van der Waals surface area (Å²) in [6.07, 6.45) is 5.49. The van der Waals surface area contributed by atoms with E-state index in [1.54, 1.807) is 24.5 Å². The Morgan fingerprint density at radius 2 is 1.67 bits per heavy atom. The SMILES string of the molecule is Cn1cc(-c2ccncc2)c(-c2ccc(F)cc2)c1CNC(=O)Nc1ccccc1. The number of amides is 2. The summed E-state index contributed by atoms with van der Waals surface area (Å²) in [5, 5.41) is 5.74. The molecule has 4 aromatic rings. The normalized spacial score (nSPS) is 10.6. The molecule has 2 heterocycles. The van der Waals surface area contributed by atoms with Gasteiger partial charge in [-0.25, -0.2) is 9.18 Å². The van der Waals surface area contributed by atoms with E-state index in [0.29, 0.717) is 6.54 Å². The first kappa shape index (κ1) is 19.4. The first-order valence-corrected chi connectivity index (χ1v) is 9.56. The second-order valence-corrected chi connectivity index (χ2v) is 6.89. The summed E-state index contributed by atoms with van der Waals surface area (Å²) in [5.41, 5.74) is 5.45. The molecular formula is C24H21FN4O. The van der Waals surface area contributed by atoms with Crippen molar-refractivity contribution in [3.8, 4) is 22.3 Å². The van der Waals surface area contributed by atoms with Crippen LogP contribution in [0, 0.1) is 5.82 Å². The van der Waals surface area contributed by atoms with E-state index in [-0.39, 0.29) is 11.8 Å². The molecule has 0 aliphatic carbocycles. The average molecular weight is 400 g/mol. The highest BCUT2D eigenvalue weighted by Gasteiger charge is 2.18. The Morgan fingerprint density at radius 3 is 2.37 bits per heavy atom. The number of carbonyl (C=O) groups is 1. The van der Waals surface area contributed by atoms with Gasteiger partial charge in [0.1, 0.15) is 5.82 Å². The van der Waals surface area contributed by atoms with Crippen molar-refractivity contribution in [2.45, 2.75) is 6.54 Å². The number of rotatable bonds is 5. The summed E-state index contributed by atoms with van der Waals surface area (Å²) in [5.74, 6) is -0.290. The molecule has 0 spiro atoms. The fourth-order valence-corrected chi connectivity index (χ4v) is 3.43. The van der Waals surface area contributed by atoms with Crippen LogP contribution in [0.15, 0.2) is 85.3 Å². The minimum absolute atomic E-state index is 0.290. The molecule has 6 heteroatoms. The maximum absolute atomic E-state index is 13.5. The quantitative estimate of drug-likeness (QED) is 0.483. The zero-order valence-electron chi connectivity index (χ0n) is 16.5. The Bertz CT molecular complexity index is 1140. The van der Waals surface area contributed by atoms with Crippen LogP contribution in [0.2, 0.25) is 0 Å². The fraction of sp³-hybridized carbons (Fsp3) is 0.0833. The third-order valence-electron chi connectivity index (χ3n) is 4.88. The van der Waals surface area contributed by atoms with E-state index in [0.717, 1.165) is 33.6 Å². The average Bonchev–Trinajstić information content (AvgIpc) is 3.10. The Kier molecular flexibility index (Phi) is 5.57. The van der Waals surface area contributed by atoms with Crippen LogP contribution in [-0.2, 0) is 13.6 Å². The highest BCUT2D eigenvalue weighted by atomic mass is 19.1. The molecule has 2 aromatic carbocycles. The van der Waals surface area contributed by atoms with E-state index in [2.05, 4.69) is 15.6 Å². The number of urea groups is 1. The lowest BCUT2D eigenvalue weighted by molar-refractivity contribution is 0.251. The minimum atomic E-state index is -0.294. The van der Waals surface area contributed by atoms with E-state index >= 15 is 0 Å². The Morgan fingerprint density at radius 1 is 0.967 bits per heavy atom. The molecule has 0 atom stereocenters. The summed E-state index contributed by atoms with van der Waals surface area (Å²) in [7, 11) is 1.93. The first-order chi connectivity index (χ1) is 14.6. The van der Waals surface area contributed by atoms with E-state index < -0.39 is 0 Å². The Labute approximate surface area is 174 Å². The molecule has 4 rings (SSSR count). The van der Waals surface area contributed by atoms with Gasteiger partial charge in [0.25, 0.3) is 0 Å². The van der Waals surface area contributed by atoms with Crippen LogP contribution in [-0.4, -0.2) is 15.6 Å². The molecule has 0 unspecified atom stereocenters. The van der Waals surface area contributed by atoms with Gasteiger partial charge in [0, 0.05) is 48.1 Å². The van der Waals surface area contributed by atoms with Crippen LogP contribution < -0.4 is 10.6 Å². The largest absolute Gasteiger partial charge is 0.352 e. The van der Waals surface area contributed by atoms with Crippen LogP contribution in [0.3, 0.4) is 0 Å². The highest BCUT2D eigenvalue weighted by Crippen LogP contribution is 2.36. The third-order valence-corrected chi connectivity index (χ3v) is 4.88. The molecule has 0 fully saturated rings. The first-order valence-electron chi connectivity index (χ1n) is 9.56. The van der Waals surface area contributed by atoms with Crippen LogP contribution >= 0.6 is 0 Å². The zero-order valence-corrected chi connectivity index (χ0v) is 16.5. The van der Waals surface area contributed by atoms with Gasteiger partial charge >= 0.3 is 6.03 Å². The highest BCUT2D eigenvalue weighted by molar-refractivity contribution is 5.90. The molecular weight excluding hydrogens is 379 g/mol. The second kappa shape index (κ2) is 8.61. The predicted octanol–water partition coefficient (Wildman–Crippen LogP) is 5.21. The van der Waals surface area contributed by atoms with Gasteiger partial charge in [-0.05, 0) is 47.5 Å². The Hall–Kier alpha value is -3.93. The van der Waals surface area contributed by atoms with Crippen molar-refractivity contribution in [2.75, 3.05) is 5.32 Å². The van der Waals surface area contributed by atoms with Crippen LogP contribution in [0.5, 0.6) is 0 Å². The van der Waals surface area contributed by atoms with Gasteiger partial charge in [-0.3, -0.25) is 4.98 Å². The molecule has 0 saturated carbocycles. The summed E-state index contributed by atoms with van der Waals surface area (Å²) < 4.78 is 15.5. The number of carbonyl (C=O) groups excluding carboxylic acids is 1. The van der Waals surface area contributed by atoms with Gasteiger partial charge in [-0.1, -0.05) is 30.3 Å². The standard InChI is InChI=1S/C24H21FN4O/c1-29-16-21(17-11-13-26-14-12-17)23(18-7-9-19(25)10-8-18)22(29)15-27-24(30)28-20-5-3-2-4-6-20/h2-14,16H,15H2,1H3,(H2,27,28,30). The van der Waals surface area contributed by atoms with Gasteiger partial charge < -0.3 is 15.2 Å². The number of hydrogen-bond acceptors (Lipinski definition) is 2. The van der Waals surface area contributed by atoms with Crippen molar-refractivity contribution < 1.29 is 9.18 Å². The number of nitrogens with one attached hydrogen (secondary N) is 2. The van der Waals surface area contributed by atoms with E-state index in [4.69, 9.17) is 0 Å². The zero-order chi connectivity index (χ0) is 20.9. The predicted molar refractivity (Wildman–Crippen MR) is 116 cm³/mol. The summed E-state index contributed by atoms with van der Waals surface area (Å²) >= 11 is 0. The van der Waals surface area contributed by atoms with Crippen LogP contribution in [0.25, 0.3) is 22.3 Å². The summed E-state index contributed by atoms with van der Waals surface area (Å²) in [4.78, 5) is 16.5. The van der Waals surface area contributed by atoms with Crippen molar-refractivity contribution in [3.05, 3.63) is 96.8 Å². The maximum Gasteiger partial charge on any atom is 0.319 e. The van der Waals surface area contributed by atoms with Gasteiger partial charge in [-0.2, -0.15) is 0 Å². The molecule has 0 radical (unpaired) electrons. The second-order valence-electron chi connectivity index (χ2n) is 6.89. The topological polar surface area (TPSA) is 59.0 Å². The number of halogens is 1. The molecule has 2 amide bonds. The fourth-order valence-electron chi connectivity index (χ4n) is 3.43. The lowest BCUT2D eigenvalue weighted by Crippen LogP contribution is -2.29. The number of anilines is 1. The smallest absolute Gasteiger partial charge is 0.319 e. The summed E-state index contributed by atoms with van der Waals surface area (Å²) in [6, 6.07) is 19.2. The molecule has 0 aliphatic heterocycles. The molecule has 0 saturated heterocycles. The van der Waals surface area contributed by atoms with Crippen molar-refractivity contribution >= 4 is 11.7 Å². The lowest BCUT2D eigenvalue weighted by Gasteiger charge is -2.12. The monoisotopic (exact) mass is 400 g/mol. The molecule has 150 valence electrons. The van der Waals surface area contributed by atoms with Crippen molar-refractivity contribution in [2.24, 2.45) is 7.05 Å². The number of pyridine rings is 1. The van der Waals surface area contributed by atoms with Gasteiger partial charge in [0.2, 0.25) is 0 Å². The molecule has 0 bridgehead atoms. The van der Waals surface area contributed by atoms with Gasteiger partial charge in [-0.15, -0.1) is 0 Å². The number of aryl methyl sites for hydroxylation is 1. The van der Waals surface area contributed by atoms with Gasteiger partial charge in [0.05, 0.1) is 6.54 Å². The van der Waals surface area contributed by atoms with Crippen molar-refractivity contribution in [3.63, 3.8) is 0 Å². The number of benzene rings is 2. The number of para-hydroxylation sites is 1. The number of nitrogens with zero attached hydrogens (tertiary/aromatic N) is 2.